The van der Waals surface area contributed by atoms with Crippen molar-refractivity contribution >= 4 is 23.2 Å². The fourth-order valence-electron chi connectivity index (χ4n) is 2.54. The normalized spacial score (nSPS) is 30.7. The number of epoxide rings is 1. The lowest BCUT2D eigenvalue weighted by Crippen LogP contribution is -2.43. The Morgan fingerprint density at radius 3 is 2.94 bits per heavy atom. The van der Waals surface area contributed by atoms with E-state index >= 15 is 0 Å². The third-order valence-electron chi connectivity index (χ3n) is 3.30. The molecule has 3 nitrogen and oxygen atoms in total. The van der Waals surface area contributed by atoms with Gasteiger partial charge in [-0.05, 0) is 25.1 Å². The molecule has 0 N–H and O–H groups in total. The van der Waals surface area contributed by atoms with Gasteiger partial charge in [0.1, 0.15) is 12.2 Å². The Morgan fingerprint density at radius 1 is 1.50 bits per heavy atom. The maximum Gasteiger partial charge on any atom is 0.224 e. The number of hydrogen-bond donors (Lipinski definition) is 0. The van der Waals surface area contributed by atoms with Gasteiger partial charge in [-0.25, -0.2) is 0 Å². The smallest absolute Gasteiger partial charge is 0.224 e. The fourth-order valence-corrected chi connectivity index (χ4v) is 2.72. The summed E-state index contributed by atoms with van der Waals surface area (Å²) in [4.78, 5) is 13.4. The molecule has 0 saturated carbocycles. The molecule has 84 valence electrons. The van der Waals surface area contributed by atoms with Gasteiger partial charge in [-0.1, -0.05) is 11.6 Å². The molecule has 0 aliphatic carbocycles. The van der Waals surface area contributed by atoms with Gasteiger partial charge >= 0.3 is 0 Å². The summed E-state index contributed by atoms with van der Waals surface area (Å²) < 4.78 is 5.60. The molecule has 1 aromatic carbocycles. The van der Waals surface area contributed by atoms with E-state index in [0.29, 0.717) is 5.02 Å². The lowest BCUT2D eigenvalue weighted by atomic mass is 9.96. The molecule has 2 aliphatic rings. The number of benzene rings is 1. The highest BCUT2D eigenvalue weighted by Gasteiger charge is 2.52. The van der Waals surface area contributed by atoms with Gasteiger partial charge in [0.05, 0.1) is 11.7 Å². The zero-order chi connectivity index (χ0) is 11.4. The minimum Gasteiger partial charge on any atom is -0.362 e. The van der Waals surface area contributed by atoms with Crippen LogP contribution in [0.25, 0.3) is 0 Å². The van der Waals surface area contributed by atoms with Crippen molar-refractivity contribution in [2.75, 3.05) is 4.90 Å². The lowest BCUT2D eigenvalue weighted by Gasteiger charge is -2.32. The van der Waals surface area contributed by atoms with Crippen LogP contribution >= 0.6 is 11.6 Å². The van der Waals surface area contributed by atoms with Crippen molar-refractivity contribution in [2.24, 2.45) is 0 Å². The van der Waals surface area contributed by atoms with Crippen molar-refractivity contribution in [3.8, 4) is 0 Å². The summed E-state index contributed by atoms with van der Waals surface area (Å²) in [6.45, 7) is 3.60. The first-order valence-corrected chi connectivity index (χ1v) is 5.72. The molecular weight excluding hydrogens is 226 g/mol. The van der Waals surface area contributed by atoms with Gasteiger partial charge in [0.15, 0.2) is 0 Å². The van der Waals surface area contributed by atoms with Crippen molar-refractivity contribution in [3.63, 3.8) is 0 Å². The van der Waals surface area contributed by atoms with Crippen molar-refractivity contribution < 1.29 is 9.53 Å². The first-order valence-electron chi connectivity index (χ1n) is 5.34. The van der Waals surface area contributed by atoms with E-state index in [-0.39, 0.29) is 24.2 Å². The minimum absolute atomic E-state index is 0.0463. The van der Waals surface area contributed by atoms with Crippen LogP contribution in [0.5, 0.6) is 0 Å². The van der Waals surface area contributed by atoms with E-state index in [4.69, 9.17) is 16.3 Å². The maximum absolute atomic E-state index is 11.7. The fraction of sp³-hybridized carbons (Fsp3) is 0.417. The average Bonchev–Trinajstić information content (AvgIpc) is 2.99. The van der Waals surface area contributed by atoms with Gasteiger partial charge in [0, 0.05) is 17.5 Å². The number of anilines is 1. The van der Waals surface area contributed by atoms with Crippen LogP contribution in [0.1, 0.15) is 25.5 Å². The van der Waals surface area contributed by atoms with Crippen LogP contribution in [-0.2, 0) is 9.53 Å². The molecule has 4 heteroatoms. The van der Waals surface area contributed by atoms with E-state index in [1.165, 1.54) is 0 Å². The quantitative estimate of drug-likeness (QED) is 0.650. The second-order valence-electron chi connectivity index (χ2n) is 4.35. The molecule has 0 unspecified atom stereocenters. The Hall–Kier alpha value is -1.06. The van der Waals surface area contributed by atoms with E-state index in [1.807, 2.05) is 25.1 Å². The molecule has 1 fully saturated rings. The highest BCUT2D eigenvalue weighted by Crippen LogP contribution is 2.51. The van der Waals surface area contributed by atoms with Gasteiger partial charge < -0.3 is 9.64 Å². The molecule has 0 radical (unpaired) electrons. The van der Waals surface area contributed by atoms with E-state index < -0.39 is 0 Å². The van der Waals surface area contributed by atoms with Gasteiger partial charge in [-0.15, -0.1) is 0 Å². The highest BCUT2D eigenvalue weighted by molar-refractivity contribution is 6.30. The first kappa shape index (κ1) is 10.1. The molecule has 0 spiro atoms. The van der Waals surface area contributed by atoms with Crippen LogP contribution in [-0.4, -0.2) is 18.1 Å². The molecule has 1 saturated heterocycles. The summed E-state index contributed by atoms with van der Waals surface area (Å²) in [5.41, 5.74) is 1.97. The van der Waals surface area contributed by atoms with Crippen LogP contribution in [0.3, 0.4) is 0 Å². The number of amides is 1. The number of carbonyl (C=O) groups excluding carboxylic acids is 1. The SMILES string of the molecule is CC(=O)N1c2ccc(Cl)cc2[C@@H]2O[C@H]2[C@@H]1C. The van der Waals surface area contributed by atoms with E-state index in [1.54, 1.807) is 11.8 Å². The first-order chi connectivity index (χ1) is 7.59. The Kier molecular flexibility index (Phi) is 2.03. The monoisotopic (exact) mass is 237 g/mol. The molecule has 1 aromatic rings. The summed E-state index contributed by atoms with van der Waals surface area (Å²) >= 11 is 5.97. The van der Waals surface area contributed by atoms with Gasteiger partial charge in [-0.2, -0.15) is 0 Å². The van der Waals surface area contributed by atoms with Crippen LogP contribution in [0, 0.1) is 0 Å². The molecule has 3 atom stereocenters. The van der Waals surface area contributed by atoms with Gasteiger partial charge in [0.25, 0.3) is 0 Å². The molecule has 3 rings (SSSR count). The largest absolute Gasteiger partial charge is 0.362 e. The maximum atomic E-state index is 11.7. The second kappa shape index (κ2) is 3.22. The number of fused-ring (bicyclic) bond motifs is 3. The molecular formula is C12H12ClNO2. The third-order valence-corrected chi connectivity index (χ3v) is 3.54. The predicted molar refractivity (Wildman–Crippen MR) is 61.7 cm³/mol. The van der Waals surface area contributed by atoms with E-state index in [2.05, 4.69) is 0 Å². The summed E-state index contributed by atoms with van der Waals surface area (Å²) in [5.74, 6) is 0.0463. The Morgan fingerprint density at radius 2 is 2.25 bits per heavy atom. The van der Waals surface area contributed by atoms with Crippen LogP contribution < -0.4 is 4.90 Å². The Labute approximate surface area is 98.9 Å². The molecule has 1 amide bonds. The summed E-state index contributed by atoms with van der Waals surface area (Å²) in [7, 11) is 0. The standard InChI is InChI=1S/C12H12ClNO2/c1-6-11-12(16-11)9-5-8(13)3-4-10(9)14(6)7(2)15/h3-6,11-12H,1-2H3/t6-,11-,12-/m0/s1. The molecule has 16 heavy (non-hydrogen) atoms. The lowest BCUT2D eigenvalue weighted by molar-refractivity contribution is -0.117. The summed E-state index contributed by atoms with van der Waals surface area (Å²) in [5, 5.41) is 0.686. The number of halogens is 1. The number of rotatable bonds is 0. The van der Waals surface area contributed by atoms with Crippen molar-refractivity contribution in [1.29, 1.82) is 0 Å². The van der Waals surface area contributed by atoms with Gasteiger partial charge in [0.2, 0.25) is 5.91 Å². The highest BCUT2D eigenvalue weighted by atomic mass is 35.5. The number of ether oxygens (including phenoxy) is 1. The third kappa shape index (κ3) is 1.28. The number of nitrogens with zero attached hydrogens (tertiary/aromatic N) is 1. The van der Waals surface area contributed by atoms with Crippen molar-refractivity contribution in [1.82, 2.24) is 0 Å². The average molecular weight is 238 g/mol. The van der Waals surface area contributed by atoms with E-state index in [0.717, 1.165) is 11.3 Å². The summed E-state index contributed by atoms with van der Waals surface area (Å²) in [6, 6.07) is 5.71. The van der Waals surface area contributed by atoms with Crippen molar-refractivity contribution in [2.45, 2.75) is 32.1 Å². The molecule has 0 aromatic heterocycles. The zero-order valence-corrected chi connectivity index (χ0v) is 9.86. The minimum atomic E-state index is 0.0463. The molecule has 2 heterocycles. The van der Waals surface area contributed by atoms with Crippen LogP contribution in [0.4, 0.5) is 5.69 Å². The zero-order valence-electron chi connectivity index (χ0n) is 9.11. The van der Waals surface area contributed by atoms with Crippen LogP contribution in [0.15, 0.2) is 18.2 Å². The number of hydrogen-bond acceptors (Lipinski definition) is 2. The Bertz CT molecular complexity index is 474. The summed E-state index contributed by atoms with van der Waals surface area (Å²) in [6.07, 6.45) is 0.258. The van der Waals surface area contributed by atoms with Gasteiger partial charge in [-0.3, -0.25) is 4.79 Å². The Balaban J connectivity index is 2.15. The van der Waals surface area contributed by atoms with E-state index in [9.17, 15) is 4.79 Å². The number of carbonyl (C=O) groups is 1. The predicted octanol–water partition coefficient (Wildman–Crippen LogP) is 2.53. The molecule has 0 bridgehead atoms. The van der Waals surface area contributed by atoms with Crippen LogP contribution in [0.2, 0.25) is 5.02 Å². The molecule has 2 aliphatic heterocycles. The second-order valence-corrected chi connectivity index (χ2v) is 4.79. The topological polar surface area (TPSA) is 32.8 Å². The van der Waals surface area contributed by atoms with Crippen molar-refractivity contribution in [3.05, 3.63) is 28.8 Å².